The highest BCUT2D eigenvalue weighted by atomic mass is 32.2. The number of carboxylic acids is 1. The Kier molecular flexibility index (Phi) is 5.47. The Bertz CT molecular complexity index is 385. The molecule has 18 heavy (non-hydrogen) atoms. The molecular formula is C9H18N2O6S. The maximum atomic E-state index is 11.9. The molecule has 0 saturated carbocycles. The quantitative estimate of drug-likeness (QED) is 0.451. The second kappa shape index (κ2) is 6.43. The standard InChI is InChI=1S/C9H18N2O6S/c12-6-7(13)5-10-18(16,17)11-4-2-1-3-8(11)9(14)15/h7-8,10,12-13H,1-6H2,(H,14,15). The lowest BCUT2D eigenvalue weighted by atomic mass is 10.1. The van der Waals surface area contributed by atoms with Gasteiger partial charge in [0.25, 0.3) is 10.2 Å². The number of nitrogens with one attached hydrogen (secondary N) is 1. The van der Waals surface area contributed by atoms with Crippen LogP contribution >= 0.6 is 0 Å². The number of carboxylic acid groups (broad SMARTS) is 1. The van der Waals surface area contributed by atoms with Crippen LogP contribution in [-0.4, -0.2) is 65.9 Å². The first-order valence-corrected chi connectivity index (χ1v) is 7.10. The molecule has 4 N–H and O–H groups in total. The monoisotopic (exact) mass is 282 g/mol. The number of aliphatic hydroxyl groups excluding tert-OH is 2. The summed E-state index contributed by atoms with van der Waals surface area (Å²) in [5.74, 6) is -1.18. The van der Waals surface area contributed by atoms with E-state index in [2.05, 4.69) is 4.72 Å². The SMILES string of the molecule is O=C(O)C1CCCCN1S(=O)(=O)NCC(O)CO. The van der Waals surface area contributed by atoms with Crippen LogP contribution in [0.3, 0.4) is 0 Å². The first-order valence-electron chi connectivity index (χ1n) is 5.66. The van der Waals surface area contributed by atoms with E-state index in [0.717, 1.165) is 4.31 Å². The smallest absolute Gasteiger partial charge is 0.322 e. The summed E-state index contributed by atoms with van der Waals surface area (Å²) >= 11 is 0. The molecule has 8 nitrogen and oxygen atoms in total. The second-order valence-electron chi connectivity index (χ2n) is 4.15. The van der Waals surface area contributed by atoms with Crippen LogP contribution in [0.4, 0.5) is 0 Å². The fraction of sp³-hybridized carbons (Fsp3) is 0.889. The molecule has 1 saturated heterocycles. The van der Waals surface area contributed by atoms with Gasteiger partial charge in [-0.2, -0.15) is 17.4 Å². The fourth-order valence-corrected chi connectivity index (χ4v) is 3.26. The van der Waals surface area contributed by atoms with Crippen molar-refractivity contribution < 1.29 is 28.5 Å². The molecule has 1 aliphatic rings. The molecule has 0 aromatic rings. The number of aliphatic carboxylic acids is 1. The highest BCUT2D eigenvalue weighted by Crippen LogP contribution is 2.19. The lowest BCUT2D eigenvalue weighted by Gasteiger charge is -2.31. The van der Waals surface area contributed by atoms with Crippen molar-refractivity contribution >= 4 is 16.2 Å². The maximum absolute atomic E-state index is 11.9. The molecule has 0 spiro atoms. The van der Waals surface area contributed by atoms with Crippen LogP contribution in [0, 0.1) is 0 Å². The molecule has 0 aromatic carbocycles. The van der Waals surface area contributed by atoms with Crippen molar-refractivity contribution in [3.05, 3.63) is 0 Å². The summed E-state index contributed by atoms with van der Waals surface area (Å²) < 4.78 is 26.7. The highest BCUT2D eigenvalue weighted by molar-refractivity contribution is 7.87. The van der Waals surface area contributed by atoms with Crippen molar-refractivity contribution in [2.24, 2.45) is 0 Å². The Morgan fingerprint density at radius 2 is 2.11 bits per heavy atom. The molecule has 0 amide bonds. The zero-order chi connectivity index (χ0) is 13.8. The second-order valence-corrected chi connectivity index (χ2v) is 5.86. The van der Waals surface area contributed by atoms with E-state index in [1.807, 2.05) is 0 Å². The summed E-state index contributed by atoms with van der Waals surface area (Å²) in [5.41, 5.74) is 0. The molecule has 1 rings (SSSR count). The van der Waals surface area contributed by atoms with Gasteiger partial charge in [0.1, 0.15) is 6.04 Å². The molecule has 1 aliphatic heterocycles. The van der Waals surface area contributed by atoms with Gasteiger partial charge in [-0.05, 0) is 19.3 Å². The van der Waals surface area contributed by atoms with Gasteiger partial charge in [-0.25, -0.2) is 0 Å². The Morgan fingerprint density at radius 3 is 2.67 bits per heavy atom. The minimum Gasteiger partial charge on any atom is -0.480 e. The van der Waals surface area contributed by atoms with Crippen LogP contribution in [0.15, 0.2) is 0 Å². The van der Waals surface area contributed by atoms with Crippen molar-refractivity contribution in [1.29, 1.82) is 0 Å². The minimum absolute atomic E-state index is 0.140. The Labute approximate surface area is 105 Å². The largest absolute Gasteiger partial charge is 0.480 e. The van der Waals surface area contributed by atoms with Gasteiger partial charge in [-0.1, -0.05) is 0 Å². The van der Waals surface area contributed by atoms with Crippen LogP contribution in [0.2, 0.25) is 0 Å². The summed E-state index contributed by atoms with van der Waals surface area (Å²) in [5, 5.41) is 26.6. The summed E-state index contributed by atoms with van der Waals surface area (Å²) in [6.45, 7) is -0.770. The molecule has 0 aromatic heterocycles. The third-order valence-electron chi connectivity index (χ3n) is 2.76. The predicted octanol–water partition coefficient (Wildman–Crippen LogP) is -1.89. The van der Waals surface area contributed by atoms with Gasteiger partial charge < -0.3 is 15.3 Å². The molecule has 9 heteroatoms. The van der Waals surface area contributed by atoms with Crippen LogP contribution in [0.25, 0.3) is 0 Å². The zero-order valence-corrected chi connectivity index (χ0v) is 10.6. The predicted molar refractivity (Wildman–Crippen MR) is 62.0 cm³/mol. The molecule has 1 heterocycles. The fourth-order valence-electron chi connectivity index (χ4n) is 1.79. The first-order chi connectivity index (χ1) is 8.38. The van der Waals surface area contributed by atoms with E-state index in [0.29, 0.717) is 12.8 Å². The summed E-state index contributed by atoms with van der Waals surface area (Å²) in [4.78, 5) is 11.0. The minimum atomic E-state index is -3.95. The van der Waals surface area contributed by atoms with E-state index in [-0.39, 0.29) is 19.5 Å². The number of nitrogens with zero attached hydrogens (tertiary/aromatic N) is 1. The van der Waals surface area contributed by atoms with Crippen LogP contribution in [0.5, 0.6) is 0 Å². The number of carbonyl (C=O) groups is 1. The Balaban J connectivity index is 2.72. The van der Waals surface area contributed by atoms with Crippen LogP contribution in [0.1, 0.15) is 19.3 Å². The van der Waals surface area contributed by atoms with Crippen LogP contribution < -0.4 is 4.72 Å². The average molecular weight is 282 g/mol. The lowest BCUT2D eigenvalue weighted by Crippen LogP contribution is -2.53. The third kappa shape index (κ3) is 3.89. The van der Waals surface area contributed by atoms with E-state index in [1.165, 1.54) is 0 Å². The number of hydrogen-bond donors (Lipinski definition) is 4. The Morgan fingerprint density at radius 1 is 1.44 bits per heavy atom. The average Bonchev–Trinajstić information content (AvgIpc) is 2.36. The maximum Gasteiger partial charge on any atom is 0.322 e. The summed E-state index contributed by atoms with van der Waals surface area (Å²) in [6.07, 6.45) is 0.349. The number of hydrogen-bond acceptors (Lipinski definition) is 5. The van der Waals surface area contributed by atoms with Crippen molar-refractivity contribution in [1.82, 2.24) is 9.03 Å². The van der Waals surface area contributed by atoms with Gasteiger partial charge in [0, 0.05) is 13.1 Å². The molecule has 0 bridgehead atoms. The first kappa shape index (κ1) is 15.3. The number of aliphatic hydroxyl groups is 2. The van der Waals surface area contributed by atoms with Gasteiger partial charge in [0.2, 0.25) is 0 Å². The summed E-state index contributed by atoms with van der Waals surface area (Å²) in [6, 6.07) is -1.07. The highest BCUT2D eigenvalue weighted by Gasteiger charge is 2.36. The summed E-state index contributed by atoms with van der Waals surface area (Å²) in [7, 11) is -3.95. The normalized spacial score (nSPS) is 23.8. The molecule has 0 radical (unpaired) electrons. The van der Waals surface area contributed by atoms with Gasteiger partial charge in [0.15, 0.2) is 0 Å². The molecule has 1 fully saturated rings. The third-order valence-corrected chi connectivity index (χ3v) is 4.35. The topological polar surface area (TPSA) is 127 Å². The zero-order valence-electron chi connectivity index (χ0n) is 9.82. The van der Waals surface area contributed by atoms with E-state index >= 15 is 0 Å². The molecule has 0 aliphatic carbocycles. The molecule has 106 valence electrons. The van der Waals surface area contributed by atoms with Crippen molar-refractivity contribution in [3.63, 3.8) is 0 Å². The van der Waals surface area contributed by atoms with E-state index in [4.69, 9.17) is 15.3 Å². The van der Waals surface area contributed by atoms with E-state index in [1.54, 1.807) is 0 Å². The van der Waals surface area contributed by atoms with Gasteiger partial charge in [-0.15, -0.1) is 0 Å². The van der Waals surface area contributed by atoms with Crippen LogP contribution in [-0.2, 0) is 15.0 Å². The number of rotatable bonds is 6. The molecule has 2 unspecified atom stereocenters. The lowest BCUT2D eigenvalue weighted by molar-refractivity contribution is -0.142. The van der Waals surface area contributed by atoms with E-state index in [9.17, 15) is 13.2 Å². The molecule has 2 atom stereocenters. The van der Waals surface area contributed by atoms with Crippen molar-refractivity contribution in [2.45, 2.75) is 31.4 Å². The Hall–Kier alpha value is -0.740. The van der Waals surface area contributed by atoms with Gasteiger partial charge >= 0.3 is 5.97 Å². The van der Waals surface area contributed by atoms with E-state index < -0.39 is 34.9 Å². The van der Waals surface area contributed by atoms with Gasteiger partial charge in [-0.3, -0.25) is 4.79 Å². The van der Waals surface area contributed by atoms with Crippen molar-refractivity contribution in [3.8, 4) is 0 Å². The molecular weight excluding hydrogens is 264 g/mol. The van der Waals surface area contributed by atoms with Crippen molar-refractivity contribution in [2.75, 3.05) is 19.7 Å². The van der Waals surface area contributed by atoms with Gasteiger partial charge in [0.05, 0.1) is 12.7 Å². The number of piperidine rings is 1.